The summed E-state index contributed by atoms with van der Waals surface area (Å²) in [4.78, 5) is 14.5. The first-order chi connectivity index (χ1) is 10.6. The molecule has 0 aromatic heterocycles. The Morgan fingerprint density at radius 2 is 1.83 bits per heavy atom. The number of amides is 2. The molecule has 1 aliphatic heterocycles. The van der Waals surface area contributed by atoms with Gasteiger partial charge in [-0.15, -0.1) is 0 Å². The van der Waals surface area contributed by atoms with Gasteiger partial charge in [0.1, 0.15) is 5.82 Å². The fraction of sp³-hybridized carbons (Fsp3) is 0.500. The first kappa shape index (κ1) is 17.5. The van der Waals surface area contributed by atoms with Gasteiger partial charge in [0.25, 0.3) is 0 Å². The van der Waals surface area contributed by atoms with Crippen molar-refractivity contribution in [2.75, 3.05) is 0 Å². The monoisotopic (exact) mass is 319 g/mol. The van der Waals surface area contributed by atoms with E-state index in [1.165, 1.54) is 12.3 Å². The van der Waals surface area contributed by atoms with Gasteiger partial charge in [0.05, 0.1) is 0 Å². The maximum atomic E-state index is 13.6. The second-order valence-corrected chi connectivity index (χ2v) is 7.43. The van der Waals surface area contributed by atoms with Crippen LogP contribution in [0.15, 0.2) is 30.5 Å². The molecule has 1 aliphatic rings. The Labute approximate surface area is 137 Å². The number of nitrogens with two attached hydrogens (primary N) is 1. The highest BCUT2D eigenvalue weighted by Gasteiger charge is 2.46. The summed E-state index contributed by atoms with van der Waals surface area (Å²) < 4.78 is 13.6. The molecular weight excluding hydrogens is 293 g/mol. The zero-order valence-electron chi connectivity index (χ0n) is 14.3. The third-order valence-electron chi connectivity index (χ3n) is 4.31. The summed E-state index contributed by atoms with van der Waals surface area (Å²) >= 11 is 0. The maximum Gasteiger partial charge on any atom is 0.322 e. The van der Waals surface area contributed by atoms with Crippen molar-refractivity contribution in [1.82, 2.24) is 10.2 Å². The van der Waals surface area contributed by atoms with Crippen LogP contribution in [0.1, 0.15) is 46.1 Å². The highest BCUT2D eigenvalue weighted by atomic mass is 19.1. The van der Waals surface area contributed by atoms with Gasteiger partial charge in [0.2, 0.25) is 0 Å². The number of carbonyl (C=O) groups excluding carboxylic acids is 1. The molecule has 126 valence electrons. The molecule has 1 aromatic carbocycles. The van der Waals surface area contributed by atoms with E-state index < -0.39 is 0 Å². The molecule has 0 atom stereocenters. The fourth-order valence-electron chi connectivity index (χ4n) is 3.78. The Morgan fingerprint density at radius 3 is 2.39 bits per heavy atom. The topological polar surface area (TPSA) is 58.4 Å². The van der Waals surface area contributed by atoms with E-state index in [1.54, 1.807) is 24.3 Å². The first-order valence-electron chi connectivity index (χ1n) is 7.91. The summed E-state index contributed by atoms with van der Waals surface area (Å²) in [5, 5.41) is 2.75. The lowest BCUT2D eigenvalue weighted by molar-refractivity contribution is 0.00444. The predicted octanol–water partition coefficient (Wildman–Crippen LogP) is 3.49. The summed E-state index contributed by atoms with van der Waals surface area (Å²) in [7, 11) is 0. The van der Waals surface area contributed by atoms with Gasteiger partial charge >= 0.3 is 6.03 Å². The number of nitrogens with one attached hydrogen (secondary N) is 1. The largest absolute Gasteiger partial charge is 0.328 e. The van der Waals surface area contributed by atoms with Crippen molar-refractivity contribution in [3.63, 3.8) is 0 Å². The van der Waals surface area contributed by atoms with Crippen molar-refractivity contribution in [1.29, 1.82) is 0 Å². The van der Waals surface area contributed by atoms with Crippen LogP contribution in [0, 0.1) is 5.82 Å². The Bertz CT molecular complexity index is 592. The van der Waals surface area contributed by atoms with Crippen LogP contribution >= 0.6 is 0 Å². The van der Waals surface area contributed by atoms with E-state index in [1.807, 2.05) is 32.6 Å². The van der Waals surface area contributed by atoms with Gasteiger partial charge in [0.15, 0.2) is 0 Å². The predicted molar refractivity (Wildman–Crippen MR) is 91.2 cm³/mol. The van der Waals surface area contributed by atoms with Crippen LogP contribution < -0.4 is 11.1 Å². The van der Waals surface area contributed by atoms with E-state index in [0.717, 1.165) is 12.8 Å². The van der Waals surface area contributed by atoms with Gasteiger partial charge in [-0.05, 0) is 52.7 Å². The van der Waals surface area contributed by atoms with Crippen LogP contribution in [-0.2, 0) is 0 Å². The summed E-state index contributed by atoms with van der Waals surface area (Å²) in [6, 6.07) is 6.32. The Hall–Kier alpha value is -1.88. The molecule has 0 saturated carbocycles. The van der Waals surface area contributed by atoms with Crippen LogP contribution in [0.2, 0.25) is 0 Å². The Balaban J connectivity index is 2.11. The van der Waals surface area contributed by atoms with E-state index in [2.05, 4.69) is 5.32 Å². The average molecular weight is 319 g/mol. The molecular formula is C18H26FN3O. The highest BCUT2D eigenvalue weighted by molar-refractivity contribution is 5.78. The molecule has 0 unspecified atom stereocenters. The minimum Gasteiger partial charge on any atom is -0.328 e. The number of rotatable bonds is 2. The number of piperidine rings is 1. The van der Waals surface area contributed by atoms with E-state index in [0.29, 0.717) is 5.56 Å². The Kier molecular flexibility index (Phi) is 4.80. The number of hydrogen-bond acceptors (Lipinski definition) is 2. The molecule has 3 N–H and O–H groups in total. The molecule has 0 aliphatic carbocycles. The first-order valence-corrected chi connectivity index (χ1v) is 7.91. The molecule has 0 spiro atoms. The van der Waals surface area contributed by atoms with Crippen molar-refractivity contribution in [3.8, 4) is 0 Å². The molecule has 23 heavy (non-hydrogen) atoms. The summed E-state index contributed by atoms with van der Waals surface area (Å²) in [5.74, 6) is -0.317. The van der Waals surface area contributed by atoms with Crippen molar-refractivity contribution >= 4 is 12.1 Å². The van der Waals surface area contributed by atoms with Crippen LogP contribution in [-0.4, -0.2) is 28.1 Å². The van der Waals surface area contributed by atoms with E-state index in [4.69, 9.17) is 5.73 Å². The summed E-state index contributed by atoms with van der Waals surface area (Å²) in [6.45, 7) is 8.09. The molecule has 2 rings (SSSR count). The van der Waals surface area contributed by atoms with Crippen LogP contribution in [0.4, 0.5) is 9.18 Å². The quantitative estimate of drug-likeness (QED) is 0.876. The number of urea groups is 1. The van der Waals surface area contributed by atoms with Crippen molar-refractivity contribution < 1.29 is 9.18 Å². The molecule has 0 bridgehead atoms. The van der Waals surface area contributed by atoms with Gasteiger partial charge in [-0.1, -0.05) is 18.2 Å². The number of benzene rings is 1. The molecule has 5 heteroatoms. The molecule has 1 fully saturated rings. The maximum absolute atomic E-state index is 13.6. The second-order valence-electron chi connectivity index (χ2n) is 7.43. The highest BCUT2D eigenvalue weighted by Crippen LogP contribution is 2.37. The number of hydrogen-bond donors (Lipinski definition) is 2. The van der Waals surface area contributed by atoms with Crippen LogP contribution in [0.3, 0.4) is 0 Å². The normalized spacial score (nSPS) is 20.7. The number of halogens is 1. The van der Waals surface area contributed by atoms with Crippen molar-refractivity contribution in [2.45, 2.75) is 57.7 Å². The van der Waals surface area contributed by atoms with Crippen LogP contribution in [0.25, 0.3) is 6.08 Å². The molecule has 4 nitrogen and oxygen atoms in total. The SMILES string of the molecule is CC1(C)CC(N)CC(C)(C)N1C(=O)N/C=C/c1ccccc1F. The number of likely N-dealkylation sites (tertiary alicyclic amines) is 1. The standard InChI is InChI=1S/C18H26FN3O/c1-17(2)11-14(20)12-18(3,4)22(17)16(23)21-10-9-13-7-5-6-8-15(13)19/h5-10,14H,11-12,20H2,1-4H3,(H,21,23)/b10-9+. The molecule has 2 amide bonds. The lowest BCUT2D eigenvalue weighted by atomic mass is 9.77. The van der Waals surface area contributed by atoms with Gasteiger partial charge < -0.3 is 16.0 Å². The molecule has 1 heterocycles. The van der Waals surface area contributed by atoms with Gasteiger partial charge in [-0.3, -0.25) is 0 Å². The smallest absolute Gasteiger partial charge is 0.322 e. The second kappa shape index (κ2) is 6.32. The third kappa shape index (κ3) is 3.91. The minimum absolute atomic E-state index is 0.0815. The average Bonchev–Trinajstić information content (AvgIpc) is 2.37. The number of carbonyl (C=O) groups is 1. The zero-order chi connectivity index (χ0) is 17.3. The minimum atomic E-state index is -0.336. The fourth-order valence-corrected chi connectivity index (χ4v) is 3.78. The van der Waals surface area contributed by atoms with Crippen molar-refractivity contribution in [2.24, 2.45) is 5.73 Å². The molecule has 1 saturated heterocycles. The lowest BCUT2D eigenvalue weighted by Gasteiger charge is -2.54. The van der Waals surface area contributed by atoms with Crippen molar-refractivity contribution in [3.05, 3.63) is 41.8 Å². The van der Waals surface area contributed by atoms with Gasteiger partial charge in [-0.2, -0.15) is 0 Å². The van der Waals surface area contributed by atoms with E-state index in [9.17, 15) is 9.18 Å². The number of nitrogens with zero attached hydrogens (tertiary/aromatic N) is 1. The van der Waals surface area contributed by atoms with E-state index in [-0.39, 0.29) is 29.0 Å². The molecule has 0 radical (unpaired) electrons. The van der Waals surface area contributed by atoms with Gasteiger partial charge in [-0.25, -0.2) is 9.18 Å². The van der Waals surface area contributed by atoms with Crippen LogP contribution in [0.5, 0.6) is 0 Å². The van der Waals surface area contributed by atoms with Gasteiger partial charge in [0, 0.05) is 28.9 Å². The zero-order valence-corrected chi connectivity index (χ0v) is 14.3. The Morgan fingerprint density at radius 1 is 1.26 bits per heavy atom. The van der Waals surface area contributed by atoms with E-state index >= 15 is 0 Å². The summed E-state index contributed by atoms with van der Waals surface area (Å²) in [6.07, 6.45) is 4.55. The molecule has 1 aromatic rings. The lowest BCUT2D eigenvalue weighted by Crippen LogP contribution is -2.66. The summed E-state index contributed by atoms with van der Waals surface area (Å²) in [5.41, 5.74) is 5.89. The third-order valence-corrected chi connectivity index (χ3v) is 4.31.